The van der Waals surface area contributed by atoms with Gasteiger partial charge < -0.3 is 5.73 Å². The Labute approximate surface area is 105 Å². The molecule has 6 heteroatoms. The third kappa shape index (κ3) is 1.97. The molecule has 0 fully saturated rings. The van der Waals surface area contributed by atoms with E-state index in [-0.39, 0.29) is 6.04 Å². The third-order valence-corrected chi connectivity index (χ3v) is 4.40. The van der Waals surface area contributed by atoms with Crippen molar-refractivity contribution in [2.24, 2.45) is 12.8 Å². The SMILES string of the molecule is Cn1ncc(Cl)c1C(N)c1sccc1Br. The molecule has 0 radical (unpaired) electrons. The van der Waals surface area contributed by atoms with Gasteiger partial charge in [0.1, 0.15) is 0 Å². The van der Waals surface area contributed by atoms with Gasteiger partial charge in [0.15, 0.2) is 0 Å². The van der Waals surface area contributed by atoms with E-state index in [4.69, 9.17) is 17.3 Å². The van der Waals surface area contributed by atoms with Crippen molar-refractivity contribution >= 4 is 38.9 Å². The van der Waals surface area contributed by atoms with Crippen molar-refractivity contribution in [3.05, 3.63) is 37.7 Å². The second-order valence-corrected chi connectivity index (χ2v) is 5.32. The molecule has 15 heavy (non-hydrogen) atoms. The van der Waals surface area contributed by atoms with Crippen LogP contribution >= 0.6 is 38.9 Å². The Hall–Kier alpha value is -0.360. The monoisotopic (exact) mass is 305 g/mol. The van der Waals surface area contributed by atoms with Crippen molar-refractivity contribution in [1.82, 2.24) is 9.78 Å². The van der Waals surface area contributed by atoms with Crippen molar-refractivity contribution < 1.29 is 0 Å². The number of nitrogens with zero attached hydrogens (tertiary/aromatic N) is 2. The molecule has 1 atom stereocenters. The molecule has 3 nitrogen and oxygen atoms in total. The van der Waals surface area contributed by atoms with Crippen molar-refractivity contribution in [1.29, 1.82) is 0 Å². The summed E-state index contributed by atoms with van der Waals surface area (Å²) in [6.07, 6.45) is 1.61. The first-order chi connectivity index (χ1) is 7.11. The van der Waals surface area contributed by atoms with Crippen LogP contribution in [0.15, 0.2) is 22.1 Å². The van der Waals surface area contributed by atoms with Crippen LogP contribution < -0.4 is 5.73 Å². The summed E-state index contributed by atoms with van der Waals surface area (Å²) < 4.78 is 2.72. The van der Waals surface area contributed by atoms with Gasteiger partial charge in [-0.1, -0.05) is 11.6 Å². The van der Waals surface area contributed by atoms with Crippen molar-refractivity contribution in [3.63, 3.8) is 0 Å². The molecule has 0 aliphatic carbocycles. The third-order valence-electron chi connectivity index (χ3n) is 2.16. The minimum atomic E-state index is -0.237. The van der Waals surface area contributed by atoms with E-state index in [2.05, 4.69) is 21.0 Å². The molecule has 2 aromatic heterocycles. The lowest BCUT2D eigenvalue weighted by atomic mass is 10.2. The second-order valence-electron chi connectivity index (χ2n) is 3.11. The van der Waals surface area contributed by atoms with Crippen LogP contribution in [-0.4, -0.2) is 9.78 Å². The number of nitrogens with two attached hydrogens (primary N) is 1. The van der Waals surface area contributed by atoms with Crippen LogP contribution in [0.2, 0.25) is 5.02 Å². The number of thiophene rings is 1. The van der Waals surface area contributed by atoms with E-state index in [0.29, 0.717) is 5.02 Å². The number of halogens is 2. The van der Waals surface area contributed by atoms with Crippen molar-refractivity contribution in [2.45, 2.75) is 6.04 Å². The minimum absolute atomic E-state index is 0.237. The fourth-order valence-electron chi connectivity index (χ4n) is 1.42. The summed E-state index contributed by atoms with van der Waals surface area (Å²) in [7, 11) is 1.84. The van der Waals surface area contributed by atoms with E-state index < -0.39 is 0 Å². The highest BCUT2D eigenvalue weighted by molar-refractivity contribution is 9.10. The number of hydrogen-bond acceptors (Lipinski definition) is 3. The van der Waals surface area contributed by atoms with Gasteiger partial charge in [-0.3, -0.25) is 4.68 Å². The Bertz CT molecular complexity index is 460. The molecule has 0 spiro atoms. The van der Waals surface area contributed by atoms with E-state index in [1.165, 1.54) is 0 Å². The van der Waals surface area contributed by atoms with E-state index in [0.717, 1.165) is 15.0 Å². The Morgan fingerprint density at radius 3 is 2.87 bits per heavy atom. The quantitative estimate of drug-likeness (QED) is 0.927. The molecule has 0 amide bonds. The molecular formula is C9H9BrClN3S. The first-order valence-corrected chi connectivity index (χ1v) is 6.32. The molecule has 80 valence electrons. The van der Waals surface area contributed by atoms with Gasteiger partial charge in [-0.15, -0.1) is 11.3 Å². The van der Waals surface area contributed by atoms with Gasteiger partial charge in [-0.05, 0) is 27.4 Å². The summed E-state index contributed by atoms with van der Waals surface area (Å²) >= 11 is 11.1. The average Bonchev–Trinajstić information content (AvgIpc) is 2.73. The maximum atomic E-state index is 6.14. The van der Waals surface area contributed by atoms with E-state index in [1.54, 1.807) is 22.2 Å². The van der Waals surface area contributed by atoms with E-state index >= 15 is 0 Å². The normalized spacial score (nSPS) is 13.1. The molecule has 0 saturated heterocycles. The highest BCUT2D eigenvalue weighted by Gasteiger charge is 2.19. The Morgan fingerprint density at radius 1 is 1.67 bits per heavy atom. The lowest BCUT2D eigenvalue weighted by Gasteiger charge is -2.11. The molecule has 0 saturated carbocycles. The topological polar surface area (TPSA) is 43.8 Å². The second kappa shape index (κ2) is 4.25. The Balaban J connectivity index is 2.45. The first-order valence-electron chi connectivity index (χ1n) is 4.27. The van der Waals surface area contributed by atoms with Gasteiger partial charge in [0.2, 0.25) is 0 Å². The van der Waals surface area contributed by atoms with Gasteiger partial charge in [0, 0.05) is 16.4 Å². The largest absolute Gasteiger partial charge is 0.318 e. The maximum absolute atomic E-state index is 6.14. The summed E-state index contributed by atoms with van der Waals surface area (Å²) in [5.41, 5.74) is 6.98. The molecule has 1 unspecified atom stereocenters. The number of aryl methyl sites for hydroxylation is 1. The predicted octanol–water partition coefficient (Wildman–Crippen LogP) is 2.95. The maximum Gasteiger partial charge on any atom is 0.0843 e. The zero-order valence-electron chi connectivity index (χ0n) is 7.95. The van der Waals surface area contributed by atoms with E-state index in [9.17, 15) is 0 Å². The van der Waals surface area contributed by atoms with E-state index in [1.807, 2.05) is 18.5 Å². The molecule has 2 rings (SSSR count). The average molecular weight is 307 g/mol. The zero-order chi connectivity index (χ0) is 11.0. The van der Waals surface area contributed by atoms with Crippen LogP contribution in [-0.2, 0) is 7.05 Å². The molecule has 2 heterocycles. The number of aromatic nitrogens is 2. The minimum Gasteiger partial charge on any atom is -0.318 e. The van der Waals surface area contributed by atoms with Crippen LogP contribution in [0.4, 0.5) is 0 Å². The zero-order valence-corrected chi connectivity index (χ0v) is 11.1. The standard InChI is InChI=1S/C9H9BrClN3S/c1-14-8(6(11)4-13-14)7(12)9-5(10)2-3-15-9/h2-4,7H,12H2,1H3. The highest BCUT2D eigenvalue weighted by atomic mass is 79.9. The summed E-state index contributed by atoms with van der Waals surface area (Å²) in [6.45, 7) is 0. The lowest BCUT2D eigenvalue weighted by molar-refractivity contribution is 0.677. The fraction of sp³-hybridized carbons (Fsp3) is 0.222. The van der Waals surface area contributed by atoms with Gasteiger partial charge in [-0.25, -0.2) is 0 Å². The molecule has 2 N–H and O–H groups in total. The van der Waals surface area contributed by atoms with Crippen LogP contribution in [0, 0.1) is 0 Å². The molecule has 0 aromatic carbocycles. The first kappa shape index (κ1) is 11.1. The van der Waals surface area contributed by atoms with Crippen LogP contribution in [0.1, 0.15) is 16.6 Å². The summed E-state index contributed by atoms with van der Waals surface area (Å²) in [6, 6.07) is 1.74. The van der Waals surface area contributed by atoms with Crippen LogP contribution in [0.3, 0.4) is 0 Å². The van der Waals surface area contributed by atoms with Gasteiger partial charge in [0.05, 0.1) is 23.0 Å². The fourth-order valence-corrected chi connectivity index (χ4v) is 3.33. The number of rotatable bonds is 2. The van der Waals surface area contributed by atoms with Crippen molar-refractivity contribution in [2.75, 3.05) is 0 Å². The molecule has 0 aliphatic rings. The summed E-state index contributed by atoms with van der Waals surface area (Å²) in [5, 5.41) is 6.66. The molecule has 2 aromatic rings. The Morgan fingerprint density at radius 2 is 2.40 bits per heavy atom. The van der Waals surface area contributed by atoms with Gasteiger partial charge in [0.25, 0.3) is 0 Å². The molecule has 0 aliphatic heterocycles. The summed E-state index contributed by atoms with van der Waals surface area (Å²) in [4.78, 5) is 1.06. The molecular weight excluding hydrogens is 298 g/mol. The number of hydrogen-bond donors (Lipinski definition) is 1. The van der Waals surface area contributed by atoms with Crippen molar-refractivity contribution in [3.8, 4) is 0 Å². The highest BCUT2D eigenvalue weighted by Crippen LogP contribution is 2.33. The predicted molar refractivity (Wildman–Crippen MR) is 66.3 cm³/mol. The lowest BCUT2D eigenvalue weighted by Crippen LogP contribution is -2.15. The smallest absolute Gasteiger partial charge is 0.0843 e. The van der Waals surface area contributed by atoms with Crippen LogP contribution in [0.5, 0.6) is 0 Å². The van der Waals surface area contributed by atoms with Gasteiger partial charge >= 0.3 is 0 Å². The van der Waals surface area contributed by atoms with Crippen LogP contribution in [0.25, 0.3) is 0 Å². The summed E-state index contributed by atoms with van der Waals surface area (Å²) in [5.74, 6) is 0. The Kier molecular flexibility index (Phi) is 3.16. The van der Waals surface area contributed by atoms with Gasteiger partial charge in [-0.2, -0.15) is 5.10 Å². The molecule has 0 bridgehead atoms.